The molecule has 0 radical (unpaired) electrons. The Morgan fingerprint density at radius 3 is 1.59 bits per heavy atom. The summed E-state index contributed by atoms with van der Waals surface area (Å²) in [4.78, 5) is 4.65. The van der Waals surface area contributed by atoms with Gasteiger partial charge in [-0.25, -0.2) is 4.99 Å². The molecule has 9 rings (SSSR count). The molecule has 4 heteroatoms. The minimum atomic E-state index is -0.594. The summed E-state index contributed by atoms with van der Waals surface area (Å²) in [6.45, 7) is 0. The second-order valence-electron chi connectivity index (χ2n) is 12.3. The van der Waals surface area contributed by atoms with Crippen molar-refractivity contribution in [3.63, 3.8) is 0 Å². The van der Waals surface area contributed by atoms with Crippen LogP contribution in [0, 0.1) is 0 Å². The van der Waals surface area contributed by atoms with Crippen molar-refractivity contribution >= 4 is 60.7 Å². The zero-order valence-electron chi connectivity index (χ0n) is 26.5. The van der Waals surface area contributed by atoms with Crippen molar-refractivity contribution in [1.29, 1.82) is 0 Å². The largest absolute Gasteiger partial charge is 0.396 e. The van der Waals surface area contributed by atoms with E-state index >= 15 is 4.39 Å². The van der Waals surface area contributed by atoms with Gasteiger partial charge in [0.25, 0.3) is 0 Å². The quantitative estimate of drug-likeness (QED) is 0.115. The summed E-state index contributed by atoms with van der Waals surface area (Å²) in [6.07, 6.45) is 0. The summed E-state index contributed by atoms with van der Waals surface area (Å²) in [5, 5.41) is 5.90. The molecule has 0 amide bonds. The Hall–Kier alpha value is -6.52. The average molecular weight is 632 g/mol. The first kappa shape index (κ1) is 28.7. The smallest absolute Gasteiger partial charge is 0.220 e. The Labute approximate surface area is 283 Å². The van der Waals surface area contributed by atoms with E-state index in [-0.39, 0.29) is 0 Å². The lowest BCUT2D eigenvalue weighted by molar-refractivity contribution is 0.808. The van der Waals surface area contributed by atoms with Crippen LogP contribution >= 0.6 is 0 Å². The highest BCUT2D eigenvalue weighted by molar-refractivity contribution is 6.21. The number of fused-ring (bicyclic) bond motifs is 6. The first-order chi connectivity index (χ1) is 24.1. The molecule has 0 saturated carbocycles. The Morgan fingerprint density at radius 2 is 0.980 bits per heavy atom. The highest BCUT2D eigenvalue weighted by atomic mass is 19.1. The van der Waals surface area contributed by atoms with Gasteiger partial charge in [-0.1, -0.05) is 133 Å². The minimum Gasteiger partial charge on any atom is -0.396 e. The lowest BCUT2D eigenvalue weighted by atomic mass is 9.92. The maximum atomic E-state index is 16.5. The number of hydrogen-bond acceptors (Lipinski definition) is 2. The van der Waals surface area contributed by atoms with Gasteiger partial charge in [-0.05, 0) is 69.4 Å². The van der Waals surface area contributed by atoms with Crippen molar-refractivity contribution in [3.05, 3.63) is 175 Å². The molecule has 9 aromatic rings. The fourth-order valence-corrected chi connectivity index (χ4v) is 7.13. The van der Waals surface area contributed by atoms with E-state index < -0.39 is 5.97 Å². The summed E-state index contributed by atoms with van der Waals surface area (Å²) in [6, 6.07) is 57.2. The zero-order valence-corrected chi connectivity index (χ0v) is 26.5. The van der Waals surface area contributed by atoms with Crippen LogP contribution < -0.4 is 5.73 Å². The highest BCUT2D eigenvalue weighted by Crippen LogP contribution is 2.43. The molecular formula is C45H30FN3. The van der Waals surface area contributed by atoms with Crippen LogP contribution in [0.15, 0.2) is 175 Å². The molecule has 2 N–H and O–H groups in total. The molecule has 232 valence electrons. The van der Waals surface area contributed by atoms with E-state index in [9.17, 15) is 0 Å². The van der Waals surface area contributed by atoms with Crippen LogP contribution in [0.2, 0.25) is 0 Å². The first-order valence-corrected chi connectivity index (χ1v) is 16.4. The molecule has 1 heterocycles. The third kappa shape index (κ3) is 4.85. The number of nitrogens with zero attached hydrogens (tertiary/aromatic N) is 2. The topological polar surface area (TPSA) is 43.3 Å². The standard InChI is InChI=1S/C45H30FN3/c46-45(33-16-11-17-34(26-33)49-41-20-9-7-18-35(41)36-19-8-10-21-42(36)49)48-44-38-25-23-32(30-14-5-2-6-15-30)28-40(38)39-27-31(22-24-37(39)43(44)47)29-12-3-1-4-13-29/h1-28H,47H2/b48-45-. The van der Waals surface area contributed by atoms with Gasteiger partial charge in [0, 0.05) is 32.8 Å². The van der Waals surface area contributed by atoms with Crippen LogP contribution in [0.25, 0.3) is 71.3 Å². The van der Waals surface area contributed by atoms with Crippen LogP contribution in [0.3, 0.4) is 0 Å². The summed E-state index contributed by atoms with van der Waals surface area (Å²) >= 11 is 0. The Balaban J connectivity index is 1.23. The van der Waals surface area contributed by atoms with Crippen molar-refractivity contribution in [1.82, 2.24) is 4.57 Å². The summed E-state index contributed by atoms with van der Waals surface area (Å²) < 4.78 is 18.7. The molecule has 0 bridgehead atoms. The van der Waals surface area contributed by atoms with Crippen molar-refractivity contribution in [2.75, 3.05) is 5.73 Å². The average Bonchev–Trinajstić information content (AvgIpc) is 3.51. The summed E-state index contributed by atoms with van der Waals surface area (Å²) in [7, 11) is 0. The second kappa shape index (κ2) is 11.6. The molecule has 0 spiro atoms. The number of benzene rings is 8. The van der Waals surface area contributed by atoms with E-state index in [1.165, 1.54) is 0 Å². The van der Waals surface area contributed by atoms with E-state index in [1.54, 1.807) is 6.07 Å². The molecule has 0 aliphatic rings. The second-order valence-corrected chi connectivity index (χ2v) is 12.3. The van der Waals surface area contributed by atoms with Gasteiger partial charge in [-0.15, -0.1) is 0 Å². The minimum absolute atomic E-state index is 0.382. The van der Waals surface area contributed by atoms with Crippen LogP contribution in [0.5, 0.6) is 0 Å². The number of aliphatic imine (C=N–C) groups is 1. The number of nitrogen functional groups attached to an aromatic ring is 1. The summed E-state index contributed by atoms with van der Waals surface area (Å²) in [5.41, 5.74) is 15.5. The van der Waals surface area contributed by atoms with Gasteiger partial charge in [0.15, 0.2) is 0 Å². The number of hydrogen-bond donors (Lipinski definition) is 1. The lowest BCUT2D eigenvalue weighted by Gasteiger charge is -2.15. The van der Waals surface area contributed by atoms with E-state index in [0.29, 0.717) is 16.9 Å². The van der Waals surface area contributed by atoms with Gasteiger partial charge in [0.1, 0.15) is 0 Å². The number of rotatable bonds is 5. The zero-order chi connectivity index (χ0) is 32.9. The molecule has 0 atom stereocenters. The van der Waals surface area contributed by atoms with Crippen LogP contribution in [0.4, 0.5) is 15.8 Å². The maximum absolute atomic E-state index is 16.5. The molecular weight excluding hydrogens is 602 g/mol. The lowest BCUT2D eigenvalue weighted by Crippen LogP contribution is -1.99. The van der Waals surface area contributed by atoms with Gasteiger partial charge in [0.05, 0.1) is 22.4 Å². The number of para-hydroxylation sites is 2. The molecule has 0 unspecified atom stereocenters. The molecule has 1 aromatic heterocycles. The molecule has 0 saturated heterocycles. The molecule has 3 nitrogen and oxygen atoms in total. The van der Waals surface area contributed by atoms with Crippen molar-refractivity contribution in [2.45, 2.75) is 0 Å². The van der Waals surface area contributed by atoms with Gasteiger partial charge >= 0.3 is 0 Å². The highest BCUT2D eigenvalue weighted by Gasteiger charge is 2.17. The predicted octanol–water partition coefficient (Wildman–Crippen LogP) is 12.1. The van der Waals surface area contributed by atoms with E-state index in [0.717, 1.165) is 71.3 Å². The number of halogens is 1. The number of nitrogens with two attached hydrogens (primary N) is 1. The summed E-state index contributed by atoms with van der Waals surface area (Å²) in [5.74, 6) is -0.594. The van der Waals surface area contributed by atoms with Gasteiger partial charge in [-0.3, -0.25) is 0 Å². The SMILES string of the molecule is Nc1c(/N=C(\F)c2cccc(-n3c4ccccc4c4ccccc43)c2)c2ccc(-c3ccccc3)cc2c2cc(-c3ccccc3)ccc12. The van der Waals surface area contributed by atoms with Crippen LogP contribution in [0.1, 0.15) is 5.56 Å². The van der Waals surface area contributed by atoms with Crippen molar-refractivity contribution < 1.29 is 4.39 Å². The Morgan fingerprint density at radius 1 is 0.449 bits per heavy atom. The molecule has 0 aliphatic carbocycles. The molecule has 8 aromatic carbocycles. The molecule has 0 aliphatic heterocycles. The van der Waals surface area contributed by atoms with Crippen molar-refractivity contribution in [2.24, 2.45) is 4.99 Å². The van der Waals surface area contributed by atoms with E-state index in [2.05, 4.69) is 82.4 Å². The number of aromatic nitrogens is 1. The van der Waals surface area contributed by atoms with E-state index in [4.69, 9.17) is 5.73 Å². The third-order valence-corrected chi connectivity index (χ3v) is 9.48. The third-order valence-electron chi connectivity index (χ3n) is 9.48. The maximum Gasteiger partial charge on any atom is 0.220 e. The normalized spacial score (nSPS) is 12.0. The monoisotopic (exact) mass is 631 g/mol. The fourth-order valence-electron chi connectivity index (χ4n) is 7.13. The van der Waals surface area contributed by atoms with Crippen LogP contribution in [-0.2, 0) is 0 Å². The fraction of sp³-hybridized carbons (Fsp3) is 0. The molecule has 49 heavy (non-hydrogen) atoms. The van der Waals surface area contributed by atoms with Crippen molar-refractivity contribution in [3.8, 4) is 27.9 Å². The predicted molar refractivity (Wildman–Crippen MR) is 205 cm³/mol. The Kier molecular flexibility index (Phi) is 6.80. The van der Waals surface area contributed by atoms with E-state index in [1.807, 2.05) is 91.0 Å². The van der Waals surface area contributed by atoms with Gasteiger partial charge < -0.3 is 10.3 Å². The van der Waals surface area contributed by atoms with Gasteiger partial charge in [0.2, 0.25) is 5.97 Å². The molecule has 0 fully saturated rings. The van der Waals surface area contributed by atoms with Gasteiger partial charge in [-0.2, -0.15) is 4.39 Å². The number of anilines is 1. The first-order valence-electron chi connectivity index (χ1n) is 16.4. The van der Waals surface area contributed by atoms with Crippen LogP contribution in [-0.4, -0.2) is 10.5 Å². The Bertz CT molecular complexity index is 2670.